The molecule has 0 aliphatic carbocycles. The summed E-state index contributed by atoms with van der Waals surface area (Å²) in [5, 5.41) is 4.50. The number of benzene rings is 1. The molecule has 2 N–H and O–H groups in total. The fraction of sp³-hybridized carbons (Fsp3) is 0.0714. The van der Waals surface area contributed by atoms with Gasteiger partial charge in [0, 0.05) is 27.8 Å². The molecule has 3 rings (SSSR count). The van der Waals surface area contributed by atoms with Crippen molar-refractivity contribution in [3.8, 4) is 0 Å². The number of halogens is 1. The Balaban J connectivity index is 1.98. The second-order valence-corrected chi connectivity index (χ2v) is 5.05. The van der Waals surface area contributed by atoms with Crippen molar-refractivity contribution < 1.29 is 0 Å². The van der Waals surface area contributed by atoms with E-state index in [1.54, 1.807) is 0 Å². The lowest BCUT2D eigenvalue weighted by atomic mass is 10.2. The maximum absolute atomic E-state index is 4.35. The predicted octanol–water partition coefficient (Wildman–Crippen LogP) is 4.38. The minimum absolute atomic E-state index is 0.848. The van der Waals surface area contributed by atoms with E-state index in [9.17, 15) is 0 Å². The van der Waals surface area contributed by atoms with Crippen molar-refractivity contribution >= 4 is 38.3 Å². The first kappa shape index (κ1) is 11.3. The number of nitrogens with one attached hydrogen (secondary N) is 2. The third kappa shape index (κ3) is 1.99. The van der Waals surface area contributed by atoms with E-state index in [0.29, 0.717) is 0 Å². The fourth-order valence-corrected chi connectivity index (χ4v) is 2.14. The summed E-state index contributed by atoms with van der Waals surface area (Å²) in [5.41, 5.74) is 3.32. The topological polar surface area (TPSA) is 40.7 Å². The van der Waals surface area contributed by atoms with Crippen LogP contribution in [0.25, 0.3) is 10.9 Å². The first-order valence-corrected chi connectivity index (χ1v) is 6.48. The van der Waals surface area contributed by atoms with Crippen LogP contribution in [0, 0.1) is 6.92 Å². The zero-order valence-corrected chi connectivity index (χ0v) is 11.5. The molecule has 2 aromatic heterocycles. The van der Waals surface area contributed by atoms with Crippen molar-refractivity contribution in [2.75, 3.05) is 5.32 Å². The van der Waals surface area contributed by atoms with Crippen LogP contribution in [-0.4, -0.2) is 9.97 Å². The van der Waals surface area contributed by atoms with E-state index in [2.05, 4.69) is 43.3 Å². The average molecular weight is 302 g/mol. The molecular formula is C14H12BrN3. The van der Waals surface area contributed by atoms with Gasteiger partial charge in [-0.05, 0) is 40.5 Å². The molecule has 4 heteroatoms. The summed E-state index contributed by atoms with van der Waals surface area (Å²) in [4.78, 5) is 7.58. The third-order valence-corrected chi connectivity index (χ3v) is 3.73. The lowest BCUT2D eigenvalue weighted by molar-refractivity contribution is 1.25. The largest absolute Gasteiger partial charge is 0.359 e. The maximum atomic E-state index is 4.35. The highest BCUT2D eigenvalue weighted by Gasteiger charge is 2.04. The molecule has 0 saturated heterocycles. The summed E-state index contributed by atoms with van der Waals surface area (Å²) in [6.45, 7) is 2.05. The lowest BCUT2D eigenvalue weighted by Gasteiger charge is -2.05. The molecule has 0 unspecified atom stereocenters. The summed E-state index contributed by atoms with van der Waals surface area (Å²) >= 11 is 3.45. The number of H-pyrrole nitrogens is 1. The summed E-state index contributed by atoms with van der Waals surface area (Å²) in [7, 11) is 0. The van der Waals surface area contributed by atoms with Crippen molar-refractivity contribution in [3.05, 3.63) is 52.8 Å². The Hall–Kier alpha value is -1.81. The van der Waals surface area contributed by atoms with Crippen LogP contribution in [0.1, 0.15) is 5.56 Å². The molecule has 3 nitrogen and oxygen atoms in total. The molecular weight excluding hydrogens is 290 g/mol. The van der Waals surface area contributed by atoms with Crippen LogP contribution in [0.5, 0.6) is 0 Å². The normalized spacial score (nSPS) is 10.8. The number of aromatic amines is 1. The number of aryl methyl sites for hydroxylation is 1. The van der Waals surface area contributed by atoms with Crippen molar-refractivity contribution in [1.29, 1.82) is 0 Å². The number of rotatable bonds is 2. The van der Waals surface area contributed by atoms with Crippen molar-refractivity contribution in [2.24, 2.45) is 0 Å². The van der Waals surface area contributed by atoms with Gasteiger partial charge in [0.05, 0.1) is 5.69 Å². The van der Waals surface area contributed by atoms with Gasteiger partial charge in [0.1, 0.15) is 5.82 Å². The van der Waals surface area contributed by atoms with Crippen LogP contribution in [0.15, 0.2) is 47.2 Å². The molecule has 18 heavy (non-hydrogen) atoms. The molecule has 0 spiro atoms. The highest BCUT2D eigenvalue weighted by Crippen LogP contribution is 2.26. The summed E-state index contributed by atoms with van der Waals surface area (Å²) < 4.78 is 1.02. The number of pyridine rings is 1. The Labute approximate surface area is 113 Å². The van der Waals surface area contributed by atoms with Gasteiger partial charge in [-0.1, -0.05) is 18.2 Å². The molecule has 3 aromatic rings. The van der Waals surface area contributed by atoms with E-state index in [1.165, 1.54) is 5.39 Å². The van der Waals surface area contributed by atoms with Crippen LogP contribution in [0.3, 0.4) is 0 Å². The first-order valence-electron chi connectivity index (χ1n) is 5.69. The van der Waals surface area contributed by atoms with E-state index >= 15 is 0 Å². The molecule has 90 valence electrons. The van der Waals surface area contributed by atoms with E-state index in [0.717, 1.165) is 27.1 Å². The first-order chi connectivity index (χ1) is 8.74. The zero-order chi connectivity index (χ0) is 12.5. The smallest absolute Gasteiger partial charge is 0.130 e. The maximum Gasteiger partial charge on any atom is 0.130 e. The van der Waals surface area contributed by atoms with E-state index < -0.39 is 0 Å². The Morgan fingerprint density at radius 3 is 2.94 bits per heavy atom. The minimum Gasteiger partial charge on any atom is -0.359 e. The monoisotopic (exact) mass is 301 g/mol. The number of fused-ring (bicyclic) bond motifs is 1. The summed E-state index contributed by atoms with van der Waals surface area (Å²) in [5.74, 6) is 0.848. The standard InChI is InChI=1S/C14H12BrN3/c1-9-6-14(17-7-11(9)15)18-13-8-16-12-5-3-2-4-10(12)13/h2-8,16H,1H3,(H,17,18). The van der Waals surface area contributed by atoms with E-state index in [1.807, 2.05) is 37.5 Å². The summed E-state index contributed by atoms with van der Waals surface area (Å²) in [6.07, 6.45) is 3.77. The fourth-order valence-electron chi connectivity index (χ4n) is 1.92. The van der Waals surface area contributed by atoms with Crippen molar-refractivity contribution in [1.82, 2.24) is 9.97 Å². The second kappa shape index (κ2) is 4.46. The van der Waals surface area contributed by atoms with E-state index in [4.69, 9.17) is 0 Å². The molecule has 0 aliphatic rings. The molecule has 2 heterocycles. The van der Waals surface area contributed by atoms with E-state index in [-0.39, 0.29) is 0 Å². The Morgan fingerprint density at radius 2 is 2.11 bits per heavy atom. The van der Waals surface area contributed by atoms with Crippen molar-refractivity contribution in [2.45, 2.75) is 6.92 Å². The quantitative estimate of drug-likeness (QED) is 0.737. The number of nitrogens with zero attached hydrogens (tertiary/aromatic N) is 1. The highest BCUT2D eigenvalue weighted by atomic mass is 79.9. The molecule has 0 radical (unpaired) electrons. The molecule has 0 fully saturated rings. The molecule has 0 atom stereocenters. The van der Waals surface area contributed by atoms with Crippen LogP contribution < -0.4 is 5.32 Å². The second-order valence-electron chi connectivity index (χ2n) is 4.19. The van der Waals surface area contributed by atoms with Crippen LogP contribution >= 0.6 is 15.9 Å². The Morgan fingerprint density at radius 1 is 1.28 bits per heavy atom. The molecule has 1 aromatic carbocycles. The zero-order valence-electron chi connectivity index (χ0n) is 9.87. The number of hydrogen-bond acceptors (Lipinski definition) is 2. The highest BCUT2D eigenvalue weighted by molar-refractivity contribution is 9.10. The Bertz CT molecular complexity index is 703. The Kier molecular flexibility index (Phi) is 2.80. The van der Waals surface area contributed by atoms with Gasteiger partial charge in [0.15, 0.2) is 0 Å². The third-order valence-electron chi connectivity index (χ3n) is 2.90. The number of hydrogen-bond donors (Lipinski definition) is 2. The average Bonchev–Trinajstić information content (AvgIpc) is 2.78. The lowest BCUT2D eigenvalue weighted by Crippen LogP contribution is -1.93. The van der Waals surface area contributed by atoms with Gasteiger partial charge in [0.25, 0.3) is 0 Å². The number of aromatic nitrogens is 2. The van der Waals surface area contributed by atoms with Gasteiger partial charge in [-0.3, -0.25) is 0 Å². The number of para-hydroxylation sites is 1. The van der Waals surface area contributed by atoms with Gasteiger partial charge in [-0.25, -0.2) is 4.98 Å². The number of anilines is 2. The van der Waals surface area contributed by atoms with Crippen LogP contribution in [-0.2, 0) is 0 Å². The van der Waals surface area contributed by atoms with Crippen LogP contribution in [0.2, 0.25) is 0 Å². The van der Waals surface area contributed by atoms with Crippen LogP contribution in [0.4, 0.5) is 11.5 Å². The molecule has 0 amide bonds. The van der Waals surface area contributed by atoms with Gasteiger partial charge in [-0.2, -0.15) is 0 Å². The van der Waals surface area contributed by atoms with Crippen molar-refractivity contribution in [3.63, 3.8) is 0 Å². The van der Waals surface area contributed by atoms with Gasteiger partial charge in [0.2, 0.25) is 0 Å². The van der Waals surface area contributed by atoms with Gasteiger partial charge >= 0.3 is 0 Å². The summed E-state index contributed by atoms with van der Waals surface area (Å²) in [6, 6.07) is 10.2. The van der Waals surface area contributed by atoms with Gasteiger partial charge < -0.3 is 10.3 Å². The molecule has 0 saturated carbocycles. The minimum atomic E-state index is 0.848. The molecule has 0 aliphatic heterocycles. The predicted molar refractivity (Wildman–Crippen MR) is 78.3 cm³/mol. The SMILES string of the molecule is Cc1cc(Nc2c[nH]c3ccccc23)ncc1Br. The van der Waals surface area contributed by atoms with Gasteiger partial charge in [-0.15, -0.1) is 0 Å². The molecule has 0 bridgehead atoms.